The lowest BCUT2D eigenvalue weighted by atomic mass is 10.3. The lowest BCUT2D eigenvalue weighted by molar-refractivity contribution is 0.107. The third kappa shape index (κ3) is 3.47. The van der Waals surface area contributed by atoms with Crippen molar-refractivity contribution in [2.75, 3.05) is 12.8 Å². The van der Waals surface area contributed by atoms with Crippen LogP contribution in [0.3, 0.4) is 0 Å². The van der Waals surface area contributed by atoms with Gasteiger partial charge in [0.15, 0.2) is 0 Å². The standard InChI is InChI=1S/C12H17BrN2O3S/c1-18-10-4-3-9(7-10)15-19(16,17)12-5-2-8(13)6-11(12)14/h2,5-6,9-10,15H,3-4,7,14H2,1H3. The van der Waals surface area contributed by atoms with E-state index >= 15 is 0 Å². The molecule has 0 bridgehead atoms. The van der Waals surface area contributed by atoms with Crippen LogP contribution in [0.25, 0.3) is 0 Å². The second-order valence-electron chi connectivity index (χ2n) is 4.67. The van der Waals surface area contributed by atoms with E-state index in [9.17, 15) is 8.42 Å². The third-order valence-corrected chi connectivity index (χ3v) is 5.39. The van der Waals surface area contributed by atoms with Gasteiger partial charge in [-0.15, -0.1) is 0 Å². The number of benzene rings is 1. The van der Waals surface area contributed by atoms with Crippen LogP contribution in [0.2, 0.25) is 0 Å². The van der Waals surface area contributed by atoms with Gasteiger partial charge in [-0.3, -0.25) is 0 Å². The molecule has 1 aromatic rings. The second-order valence-corrected chi connectivity index (χ2v) is 7.27. The molecule has 0 heterocycles. The van der Waals surface area contributed by atoms with E-state index in [1.54, 1.807) is 19.2 Å². The molecule has 2 atom stereocenters. The van der Waals surface area contributed by atoms with Gasteiger partial charge in [0.2, 0.25) is 10.0 Å². The molecular formula is C12H17BrN2O3S. The van der Waals surface area contributed by atoms with Crippen molar-refractivity contribution >= 4 is 31.6 Å². The molecule has 2 unspecified atom stereocenters. The number of hydrogen-bond donors (Lipinski definition) is 2. The maximum absolute atomic E-state index is 12.3. The maximum atomic E-state index is 12.3. The van der Waals surface area contributed by atoms with E-state index in [1.807, 2.05) is 0 Å². The molecule has 3 N–H and O–H groups in total. The van der Waals surface area contributed by atoms with E-state index in [0.29, 0.717) is 6.42 Å². The molecule has 1 aromatic carbocycles. The number of sulfonamides is 1. The fourth-order valence-electron chi connectivity index (χ4n) is 2.31. The van der Waals surface area contributed by atoms with Crippen molar-refractivity contribution in [1.82, 2.24) is 4.72 Å². The van der Waals surface area contributed by atoms with Crippen LogP contribution >= 0.6 is 15.9 Å². The molecular weight excluding hydrogens is 332 g/mol. The molecule has 0 radical (unpaired) electrons. The quantitative estimate of drug-likeness (QED) is 0.814. The first-order chi connectivity index (χ1) is 8.92. The van der Waals surface area contributed by atoms with Gasteiger partial charge in [-0.1, -0.05) is 15.9 Å². The zero-order valence-electron chi connectivity index (χ0n) is 10.6. The SMILES string of the molecule is COC1CCC(NS(=O)(=O)c2ccc(Br)cc2N)C1. The summed E-state index contributed by atoms with van der Waals surface area (Å²) in [5.74, 6) is 0. The zero-order valence-corrected chi connectivity index (χ0v) is 13.0. The van der Waals surface area contributed by atoms with Crippen molar-refractivity contribution in [1.29, 1.82) is 0 Å². The van der Waals surface area contributed by atoms with Gasteiger partial charge in [-0.2, -0.15) is 0 Å². The van der Waals surface area contributed by atoms with Crippen LogP contribution in [0.15, 0.2) is 27.6 Å². The lowest BCUT2D eigenvalue weighted by Gasteiger charge is -2.14. The Bertz CT molecular complexity index is 562. The van der Waals surface area contributed by atoms with Crippen LogP contribution in [0.1, 0.15) is 19.3 Å². The first kappa shape index (κ1) is 14.8. The Labute approximate surface area is 121 Å². The molecule has 0 aromatic heterocycles. The summed E-state index contributed by atoms with van der Waals surface area (Å²) in [4.78, 5) is 0.122. The largest absolute Gasteiger partial charge is 0.398 e. The van der Waals surface area contributed by atoms with Gasteiger partial charge in [0, 0.05) is 17.6 Å². The Morgan fingerprint density at radius 3 is 2.74 bits per heavy atom. The van der Waals surface area contributed by atoms with Crippen LogP contribution in [-0.4, -0.2) is 27.7 Å². The van der Waals surface area contributed by atoms with Crippen molar-refractivity contribution in [2.45, 2.75) is 36.3 Å². The summed E-state index contributed by atoms with van der Waals surface area (Å²) in [6.07, 6.45) is 2.50. The summed E-state index contributed by atoms with van der Waals surface area (Å²) in [5.41, 5.74) is 6.00. The average molecular weight is 349 g/mol. The summed E-state index contributed by atoms with van der Waals surface area (Å²) in [5, 5.41) is 0. The molecule has 0 aliphatic heterocycles. The molecule has 1 saturated carbocycles. The van der Waals surface area contributed by atoms with Crippen molar-refractivity contribution < 1.29 is 13.2 Å². The Balaban J connectivity index is 2.14. The minimum absolute atomic E-state index is 0.0852. The fourth-order valence-corrected chi connectivity index (χ4v) is 4.08. The minimum atomic E-state index is -3.57. The molecule has 0 amide bonds. The van der Waals surface area contributed by atoms with Gasteiger partial charge >= 0.3 is 0 Å². The first-order valence-electron chi connectivity index (χ1n) is 6.02. The van der Waals surface area contributed by atoms with E-state index in [4.69, 9.17) is 10.5 Å². The monoisotopic (exact) mass is 348 g/mol. The molecule has 1 fully saturated rings. The third-order valence-electron chi connectivity index (χ3n) is 3.30. The molecule has 0 spiro atoms. The van der Waals surface area contributed by atoms with Crippen LogP contribution in [0, 0.1) is 0 Å². The Kier molecular flexibility index (Phi) is 4.50. The van der Waals surface area contributed by atoms with E-state index in [2.05, 4.69) is 20.7 Å². The normalized spacial score (nSPS) is 23.7. The fraction of sp³-hybridized carbons (Fsp3) is 0.500. The van der Waals surface area contributed by atoms with Crippen molar-refractivity contribution in [3.8, 4) is 0 Å². The molecule has 1 aliphatic carbocycles. The van der Waals surface area contributed by atoms with Crippen molar-refractivity contribution in [3.05, 3.63) is 22.7 Å². The lowest BCUT2D eigenvalue weighted by Crippen LogP contribution is -2.33. The van der Waals surface area contributed by atoms with E-state index in [0.717, 1.165) is 17.3 Å². The predicted octanol–water partition coefficient (Wildman–Crippen LogP) is 1.88. The van der Waals surface area contributed by atoms with Crippen molar-refractivity contribution in [2.24, 2.45) is 0 Å². The van der Waals surface area contributed by atoms with Gasteiger partial charge < -0.3 is 10.5 Å². The molecule has 2 rings (SSSR count). The Morgan fingerprint density at radius 1 is 1.42 bits per heavy atom. The van der Waals surface area contributed by atoms with Crippen LogP contribution in [0.5, 0.6) is 0 Å². The average Bonchev–Trinajstić information content (AvgIpc) is 2.75. The smallest absolute Gasteiger partial charge is 0.242 e. The van der Waals surface area contributed by atoms with E-state index in [1.165, 1.54) is 6.07 Å². The highest BCUT2D eigenvalue weighted by Crippen LogP contribution is 2.26. The summed E-state index contributed by atoms with van der Waals surface area (Å²) >= 11 is 3.26. The number of anilines is 1. The number of nitrogens with two attached hydrogens (primary N) is 1. The number of nitrogens with one attached hydrogen (secondary N) is 1. The Hall–Kier alpha value is -0.630. The zero-order chi connectivity index (χ0) is 14.0. The summed E-state index contributed by atoms with van der Waals surface area (Å²) in [6.45, 7) is 0. The molecule has 0 saturated heterocycles. The number of halogens is 1. The molecule has 19 heavy (non-hydrogen) atoms. The minimum Gasteiger partial charge on any atom is -0.398 e. The Morgan fingerprint density at radius 2 is 2.16 bits per heavy atom. The van der Waals surface area contributed by atoms with Crippen LogP contribution < -0.4 is 10.5 Å². The van der Waals surface area contributed by atoms with Gasteiger partial charge in [-0.05, 0) is 37.5 Å². The van der Waals surface area contributed by atoms with Crippen LogP contribution in [-0.2, 0) is 14.8 Å². The molecule has 106 valence electrons. The number of ether oxygens (including phenoxy) is 1. The summed E-state index contributed by atoms with van der Waals surface area (Å²) in [6, 6.07) is 4.67. The van der Waals surface area contributed by atoms with Gasteiger partial charge in [-0.25, -0.2) is 13.1 Å². The maximum Gasteiger partial charge on any atom is 0.242 e. The topological polar surface area (TPSA) is 81.4 Å². The second kappa shape index (κ2) is 5.78. The molecule has 5 nitrogen and oxygen atoms in total. The van der Waals surface area contributed by atoms with Crippen molar-refractivity contribution in [3.63, 3.8) is 0 Å². The van der Waals surface area contributed by atoms with Gasteiger partial charge in [0.25, 0.3) is 0 Å². The highest BCUT2D eigenvalue weighted by molar-refractivity contribution is 9.10. The van der Waals surface area contributed by atoms with E-state index < -0.39 is 10.0 Å². The number of nitrogen functional groups attached to an aromatic ring is 1. The van der Waals surface area contributed by atoms with Gasteiger partial charge in [0.05, 0.1) is 11.8 Å². The number of rotatable bonds is 4. The highest BCUT2D eigenvalue weighted by Gasteiger charge is 2.29. The number of hydrogen-bond acceptors (Lipinski definition) is 4. The predicted molar refractivity (Wildman–Crippen MR) is 77.3 cm³/mol. The molecule has 7 heteroatoms. The summed E-state index contributed by atoms with van der Waals surface area (Å²) < 4.78 is 33.2. The van der Waals surface area contributed by atoms with Gasteiger partial charge in [0.1, 0.15) is 4.90 Å². The highest BCUT2D eigenvalue weighted by atomic mass is 79.9. The van der Waals surface area contributed by atoms with E-state index in [-0.39, 0.29) is 22.7 Å². The number of methoxy groups -OCH3 is 1. The first-order valence-corrected chi connectivity index (χ1v) is 8.30. The van der Waals surface area contributed by atoms with Crippen LogP contribution in [0.4, 0.5) is 5.69 Å². The summed E-state index contributed by atoms with van der Waals surface area (Å²) in [7, 11) is -1.93. The molecule has 1 aliphatic rings.